The monoisotopic (exact) mass is 396 g/mol. The summed E-state index contributed by atoms with van der Waals surface area (Å²) in [6.45, 7) is 3.12. The number of hydrogen-bond acceptors (Lipinski definition) is 4. The fourth-order valence-corrected chi connectivity index (χ4v) is 2.82. The second kappa shape index (κ2) is 7.91. The molecule has 2 N–H and O–H groups in total. The van der Waals surface area contributed by atoms with E-state index in [2.05, 4.69) is 15.8 Å². The molecular formula is C18H19F3N4O3. The highest BCUT2D eigenvalue weighted by molar-refractivity contribution is 5.94. The summed E-state index contributed by atoms with van der Waals surface area (Å²) in [5, 5.41) is 8.51. The molecule has 10 heteroatoms. The summed E-state index contributed by atoms with van der Waals surface area (Å²) in [5.41, 5.74) is 1.10. The average molecular weight is 396 g/mol. The highest BCUT2D eigenvalue weighted by Crippen LogP contribution is 2.24. The molecule has 0 radical (unpaired) electrons. The van der Waals surface area contributed by atoms with Gasteiger partial charge in [-0.3, -0.25) is 4.79 Å². The molecular weight excluding hydrogens is 377 g/mol. The van der Waals surface area contributed by atoms with Crippen LogP contribution >= 0.6 is 0 Å². The molecule has 2 heterocycles. The van der Waals surface area contributed by atoms with E-state index < -0.39 is 24.4 Å². The molecule has 1 aliphatic heterocycles. The molecule has 7 nitrogen and oxygen atoms in total. The van der Waals surface area contributed by atoms with Crippen molar-refractivity contribution in [3.63, 3.8) is 0 Å². The number of fused-ring (bicyclic) bond motifs is 1. The third-order valence-electron chi connectivity index (χ3n) is 4.48. The Morgan fingerprint density at radius 2 is 2.07 bits per heavy atom. The number of anilines is 1. The number of aromatic nitrogens is 1. The highest BCUT2D eigenvalue weighted by atomic mass is 19.3. The van der Waals surface area contributed by atoms with Gasteiger partial charge in [0.1, 0.15) is 11.6 Å². The molecule has 0 bridgehead atoms. The van der Waals surface area contributed by atoms with Crippen LogP contribution in [0.4, 0.5) is 23.7 Å². The zero-order chi connectivity index (χ0) is 20.4. The lowest BCUT2D eigenvalue weighted by atomic mass is 10.1. The largest absolute Gasteiger partial charge is 0.360 e. The molecule has 2 aromatic rings. The molecule has 3 amide bonds. The topological polar surface area (TPSA) is 87.5 Å². The van der Waals surface area contributed by atoms with Gasteiger partial charge in [0.2, 0.25) is 0 Å². The Morgan fingerprint density at radius 3 is 2.75 bits per heavy atom. The summed E-state index contributed by atoms with van der Waals surface area (Å²) >= 11 is 0. The van der Waals surface area contributed by atoms with Crippen LogP contribution in [-0.4, -0.2) is 41.0 Å². The quantitative estimate of drug-likeness (QED) is 0.832. The molecule has 1 atom stereocenters. The van der Waals surface area contributed by atoms with Crippen molar-refractivity contribution in [3.05, 3.63) is 46.6 Å². The Balaban J connectivity index is 1.71. The van der Waals surface area contributed by atoms with E-state index in [9.17, 15) is 22.8 Å². The molecule has 150 valence electrons. The van der Waals surface area contributed by atoms with Gasteiger partial charge < -0.3 is 20.1 Å². The van der Waals surface area contributed by atoms with Crippen molar-refractivity contribution in [3.8, 4) is 0 Å². The Kier molecular flexibility index (Phi) is 5.57. The first-order valence-corrected chi connectivity index (χ1v) is 8.64. The van der Waals surface area contributed by atoms with Gasteiger partial charge in [0, 0.05) is 24.2 Å². The number of hydrogen-bond donors (Lipinski definition) is 2. The maximum Gasteiger partial charge on any atom is 0.322 e. The number of amides is 3. The molecule has 3 rings (SSSR count). The van der Waals surface area contributed by atoms with Gasteiger partial charge >= 0.3 is 6.03 Å². The van der Waals surface area contributed by atoms with E-state index in [1.807, 2.05) is 0 Å². The second-order valence-corrected chi connectivity index (χ2v) is 6.60. The SMILES string of the molecule is Cc1cc(NC(=O)N2CCc3onc(C(=O)N[C@H](C)C(F)F)c3C2)ccc1F. The Bertz CT molecular complexity index is 900. The van der Waals surface area contributed by atoms with Gasteiger partial charge in [0.05, 0.1) is 12.6 Å². The Hall–Kier alpha value is -3.04. The number of halogens is 3. The minimum atomic E-state index is -2.71. The smallest absolute Gasteiger partial charge is 0.322 e. The van der Waals surface area contributed by atoms with Crippen LogP contribution in [0.2, 0.25) is 0 Å². The number of carbonyl (C=O) groups excluding carboxylic acids is 2. The summed E-state index contributed by atoms with van der Waals surface area (Å²) < 4.78 is 43.8. The van der Waals surface area contributed by atoms with E-state index in [1.165, 1.54) is 30.0 Å². The molecule has 0 fully saturated rings. The van der Waals surface area contributed by atoms with Gasteiger partial charge in [-0.15, -0.1) is 0 Å². The number of nitrogens with one attached hydrogen (secondary N) is 2. The van der Waals surface area contributed by atoms with Crippen molar-refractivity contribution in [1.29, 1.82) is 0 Å². The Labute approximate surface area is 158 Å². The molecule has 28 heavy (non-hydrogen) atoms. The van der Waals surface area contributed by atoms with Crippen molar-refractivity contribution in [2.45, 2.75) is 39.3 Å². The molecule has 0 saturated carbocycles. The van der Waals surface area contributed by atoms with E-state index in [-0.39, 0.29) is 18.1 Å². The van der Waals surface area contributed by atoms with Crippen LogP contribution in [0.5, 0.6) is 0 Å². The van der Waals surface area contributed by atoms with Gasteiger partial charge in [0.25, 0.3) is 12.3 Å². The number of nitrogens with zero attached hydrogens (tertiary/aromatic N) is 2. The van der Waals surface area contributed by atoms with E-state index >= 15 is 0 Å². The lowest BCUT2D eigenvalue weighted by Crippen LogP contribution is -2.41. The zero-order valence-electron chi connectivity index (χ0n) is 15.3. The highest BCUT2D eigenvalue weighted by Gasteiger charge is 2.31. The van der Waals surface area contributed by atoms with Crippen LogP contribution in [0.3, 0.4) is 0 Å². The third kappa shape index (κ3) is 4.10. The first-order chi connectivity index (χ1) is 13.3. The van der Waals surface area contributed by atoms with Crippen LogP contribution in [0.1, 0.15) is 34.3 Å². The molecule has 1 aromatic heterocycles. The average Bonchev–Trinajstić information content (AvgIpc) is 3.07. The van der Waals surface area contributed by atoms with Crippen LogP contribution in [-0.2, 0) is 13.0 Å². The van der Waals surface area contributed by atoms with Gasteiger partial charge in [-0.25, -0.2) is 18.0 Å². The molecule has 0 saturated heterocycles. The third-order valence-corrected chi connectivity index (χ3v) is 4.48. The number of aryl methyl sites for hydroxylation is 1. The minimum Gasteiger partial charge on any atom is -0.360 e. The number of alkyl halides is 2. The Morgan fingerprint density at radius 1 is 1.32 bits per heavy atom. The fourth-order valence-electron chi connectivity index (χ4n) is 2.82. The number of carbonyl (C=O) groups is 2. The summed E-state index contributed by atoms with van der Waals surface area (Å²) in [7, 11) is 0. The summed E-state index contributed by atoms with van der Waals surface area (Å²) in [5.74, 6) is -0.718. The van der Waals surface area contributed by atoms with Gasteiger partial charge in [0.15, 0.2) is 5.69 Å². The van der Waals surface area contributed by atoms with Crippen molar-refractivity contribution in [2.75, 3.05) is 11.9 Å². The summed E-state index contributed by atoms with van der Waals surface area (Å²) in [6.07, 6.45) is -2.39. The van der Waals surface area contributed by atoms with Gasteiger partial charge in [-0.2, -0.15) is 0 Å². The predicted octanol–water partition coefficient (Wildman–Crippen LogP) is 3.10. The second-order valence-electron chi connectivity index (χ2n) is 6.60. The summed E-state index contributed by atoms with van der Waals surface area (Å²) in [6, 6.07) is 2.42. The van der Waals surface area contributed by atoms with Crippen LogP contribution in [0.15, 0.2) is 22.7 Å². The predicted molar refractivity (Wildman–Crippen MR) is 93.7 cm³/mol. The number of urea groups is 1. The molecule has 1 aliphatic rings. The molecule has 0 aliphatic carbocycles. The minimum absolute atomic E-state index is 0.0383. The molecule has 1 aromatic carbocycles. The van der Waals surface area contributed by atoms with Crippen molar-refractivity contribution in [1.82, 2.24) is 15.4 Å². The lowest BCUT2D eigenvalue weighted by molar-refractivity contribution is 0.0771. The summed E-state index contributed by atoms with van der Waals surface area (Å²) in [4.78, 5) is 26.2. The van der Waals surface area contributed by atoms with Gasteiger partial charge in [-0.05, 0) is 37.6 Å². The van der Waals surface area contributed by atoms with Crippen molar-refractivity contribution < 1.29 is 27.3 Å². The standard InChI is InChI=1S/C18H19F3N4O3/c1-9-7-11(3-4-13(9)19)23-18(27)25-6-5-14-12(8-25)15(24-28-14)17(26)22-10(2)16(20)21/h3-4,7,10,16H,5-6,8H2,1-2H3,(H,22,26)(H,23,27)/t10-/m1/s1. The van der Waals surface area contributed by atoms with Crippen molar-refractivity contribution in [2.24, 2.45) is 0 Å². The lowest BCUT2D eigenvalue weighted by Gasteiger charge is -2.26. The van der Waals surface area contributed by atoms with Crippen LogP contribution < -0.4 is 10.6 Å². The zero-order valence-corrected chi connectivity index (χ0v) is 15.3. The van der Waals surface area contributed by atoms with Crippen LogP contribution in [0.25, 0.3) is 0 Å². The first kappa shape index (κ1) is 19.7. The van der Waals surface area contributed by atoms with E-state index in [0.717, 1.165) is 0 Å². The van der Waals surface area contributed by atoms with Crippen molar-refractivity contribution >= 4 is 17.6 Å². The van der Waals surface area contributed by atoms with E-state index in [0.29, 0.717) is 35.5 Å². The number of benzene rings is 1. The molecule has 0 spiro atoms. The normalized spacial score (nSPS) is 14.6. The van der Waals surface area contributed by atoms with E-state index in [1.54, 1.807) is 6.92 Å². The first-order valence-electron chi connectivity index (χ1n) is 8.64. The van der Waals surface area contributed by atoms with Crippen LogP contribution in [0, 0.1) is 12.7 Å². The van der Waals surface area contributed by atoms with E-state index in [4.69, 9.17) is 4.52 Å². The molecule has 0 unspecified atom stereocenters. The fraction of sp³-hybridized carbons (Fsp3) is 0.389. The number of rotatable bonds is 4. The maximum absolute atomic E-state index is 13.4. The maximum atomic E-state index is 13.4. The van der Waals surface area contributed by atoms with Gasteiger partial charge in [-0.1, -0.05) is 5.16 Å².